The predicted molar refractivity (Wildman–Crippen MR) is 81.7 cm³/mol. The number of methoxy groups -OCH3 is 1. The fraction of sp³-hybridized carbons (Fsp3) is 0.529. The third-order valence-electron chi connectivity index (χ3n) is 2.85. The minimum atomic E-state index is 0.591. The molecule has 0 spiro atoms. The number of unbranched alkanes of at least 4 members (excludes halogenated alkanes) is 2. The molecule has 18 heavy (non-hydrogen) atoms. The van der Waals surface area contributed by atoms with Crippen LogP contribution in [0.3, 0.4) is 0 Å². The summed E-state index contributed by atoms with van der Waals surface area (Å²) in [4.78, 5) is 0. The molecule has 0 bridgehead atoms. The van der Waals surface area contributed by atoms with Gasteiger partial charge in [-0.15, -0.1) is 13.2 Å². The standard InChI is InChI=1S/C17H28O/c1-4-6-7-8-9-11-14-17(5-2)15-12-10-13-16-18-3/h4-5,9-11,13,17H,1-2,6-8,12,14-16H2,3H3. The van der Waals surface area contributed by atoms with Gasteiger partial charge in [-0.2, -0.15) is 0 Å². The molecule has 0 rings (SSSR count). The van der Waals surface area contributed by atoms with Crippen molar-refractivity contribution in [2.24, 2.45) is 5.92 Å². The molecular formula is C17H28O. The van der Waals surface area contributed by atoms with E-state index in [4.69, 9.17) is 4.74 Å². The van der Waals surface area contributed by atoms with Gasteiger partial charge in [0.15, 0.2) is 0 Å². The van der Waals surface area contributed by atoms with Crippen molar-refractivity contribution in [3.8, 4) is 0 Å². The number of ether oxygens (including phenoxy) is 1. The van der Waals surface area contributed by atoms with Gasteiger partial charge < -0.3 is 4.74 Å². The van der Waals surface area contributed by atoms with Gasteiger partial charge in [-0.3, -0.25) is 0 Å². The van der Waals surface area contributed by atoms with Crippen LogP contribution in [0.2, 0.25) is 0 Å². The van der Waals surface area contributed by atoms with E-state index in [1.54, 1.807) is 7.11 Å². The van der Waals surface area contributed by atoms with Crippen LogP contribution in [0.1, 0.15) is 38.5 Å². The van der Waals surface area contributed by atoms with Crippen LogP contribution in [0.15, 0.2) is 49.6 Å². The zero-order chi connectivity index (χ0) is 13.5. The molecule has 0 amide bonds. The van der Waals surface area contributed by atoms with E-state index in [0.717, 1.165) is 25.7 Å². The van der Waals surface area contributed by atoms with Crippen LogP contribution in [-0.4, -0.2) is 13.7 Å². The van der Waals surface area contributed by atoms with Crippen molar-refractivity contribution in [1.82, 2.24) is 0 Å². The minimum absolute atomic E-state index is 0.591. The van der Waals surface area contributed by atoms with E-state index >= 15 is 0 Å². The molecule has 1 unspecified atom stereocenters. The maximum Gasteiger partial charge on any atom is 0.0643 e. The van der Waals surface area contributed by atoms with E-state index in [1.165, 1.54) is 12.8 Å². The topological polar surface area (TPSA) is 9.23 Å². The molecule has 1 atom stereocenters. The van der Waals surface area contributed by atoms with Gasteiger partial charge in [0.05, 0.1) is 6.61 Å². The summed E-state index contributed by atoms with van der Waals surface area (Å²) in [6.45, 7) is 8.34. The van der Waals surface area contributed by atoms with Crippen LogP contribution in [0.25, 0.3) is 0 Å². The largest absolute Gasteiger partial charge is 0.381 e. The highest BCUT2D eigenvalue weighted by molar-refractivity contribution is 4.92. The Kier molecular flexibility index (Phi) is 13.1. The highest BCUT2D eigenvalue weighted by Crippen LogP contribution is 2.14. The molecule has 0 aromatic carbocycles. The van der Waals surface area contributed by atoms with Gasteiger partial charge >= 0.3 is 0 Å². The fourth-order valence-corrected chi connectivity index (χ4v) is 1.69. The maximum absolute atomic E-state index is 4.96. The molecule has 0 saturated heterocycles. The zero-order valence-electron chi connectivity index (χ0n) is 11.8. The van der Waals surface area contributed by atoms with Crippen LogP contribution in [0.4, 0.5) is 0 Å². The maximum atomic E-state index is 4.96. The Labute approximate surface area is 113 Å². The molecule has 0 heterocycles. The third kappa shape index (κ3) is 11.4. The molecule has 0 aliphatic carbocycles. The molecule has 102 valence electrons. The average molecular weight is 248 g/mol. The third-order valence-corrected chi connectivity index (χ3v) is 2.85. The SMILES string of the molecule is C=CCCCC=CCC(C=C)CCC=CCOC. The monoisotopic (exact) mass is 248 g/mol. The average Bonchev–Trinajstić information content (AvgIpc) is 2.40. The molecule has 0 aromatic heterocycles. The Morgan fingerprint density at radius 2 is 1.78 bits per heavy atom. The van der Waals surface area contributed by atoms with Crippen molar-refractivity contribution in [3.63, 3.8) is 0 Å². The van der Waals surface area contributed by atoms with E-state index in [9.17, 15) is 0 Å². The Morgan fingerprint density at radius 3 is 2.44 bits per heavy atom. The molecule has 0 aromatic rings. The van der Waals surface area contributed by atoms with E-state index < -0.39 is 0 Å². The normalized spacial score (nSPS) is 13.2. The fourth-order valence-electron chi connectivity index (χ4n) is 1.69. The van der Waals surface area contributed by atoms with Gasteiger partial charge in [0.1, 0.15) is 0 Å². The molecule has 0 fully saturated rings. The van der Waals surface area contributed by atoms with Crippen molar-refractivity contribution >= 4 is 0 Å². The first-order valence-electron chi connectivity index (χ1n) is 6.87. The van der Waals surface area contributed by atoms with Gasteiger partial charge in [0, 0.05) is 7.11 Å². The molecule has 0 aliphatic heterocycles. The second-order valence-electron chi connectivity index (χ2n) is 4.43. The van der Waals surface area contributed by atoms with Crippen molar-refractivity contribution in [1.29, 1.82) is 0 Å². The molecular weight excluding hydrogens is 220 g/mol. The number of rotatable bonds is 12. The van der Waals surface area contributed by atoms with Gasteiger partial charge in [0.25, 0.3) is 0 Å². The van der Waals surface area contributed by atoms with Crippen LogP contribution in [0.5, 0.6) is 0 Å². The quantitative estimate of drug-likeness (QED) is 0.346. The van der Waals surface area contributed by atoms with Crippen LogP contribution in [-0.2, 0) is 4.74 Å². The first-order chi connectivity index (χ1) is 8.85. The smallest absolute Gasteiger partial charge is 0.0643 e. The predicted octanol–water partition coefficient (Wildman–Crippen LogP) is 5.07. The summed E-state index contributed by atoms with van der Waals surface area (Å²) >= 11 is 0. The summed E-state index contributed by atoms with van der Waals surface area (Å²) in [6, 6.07) is 0. The lowest BCUT2D eigenvalue weighted by molar-refractivity contribution is 0.233. The van der Waals surface area contributed by atoms with E-state index in [0.29, 0.717) is 12.5 Å². The number of allylic oxidation sites excluding steroid dienone is 5. The number of hydrogen-bond acceptors (Lipinski definition) is 1. The van der Waals surface area contributed by atoms with Gasteiger partial charge in [-0.25, -0.2) is 0 Å². The minimum Gasteiger partial charge on any atom is -0.381 e. The Morgan fingerprint density at radius 1 is 1.00 bits per heavy atom. The second-order valence-corrected chi connectivity index (χ2v) is 4.43. The van der Waals surface area contributed by atoms with Crippen molar-refractivity contribution in [2.45, 2.75) is 38.5 Å². The second kappa shape index (κ2) is 14.0. The number of hydrogen-bond donors (Lipinski definition) is 0. The van der Waals surface area contributed by atoms with Crippen molar-refractivity contribution in [3.05, 3.63) is 49.6 Å². The Balaban J connectivity index is 3.63. The van der Waals surface area contributed by atoms with E-state index in [-0.39, 0.29) is 0 Å². The Hall–Kier alpha value is -1.08. The van der Waals surface area contributed by atoms with Crippen LogP contribution in [0, 0.1) is 5.92 Å². The first-order valence-corrected chi connectivity index (χ1v) is 6.87. The summed E-state index contributed by atoms with van der Waals surface area (Å²) in [7, 11) is 1.72. The summed E-state index contributed by atoms with van der Waals surface area (Å²) in [5.74, 6) is 0.591. The van der Waals surface area contributed by atoms with Gasteiger partial charge in [-0.1, -0.05) is 36.5 Å². The molecule has 0 saturated carbocycles. The molecule has 0 N–H and O–H groups in total. The zero-order valence-corrected chi connectivity index (χ0v) is 11.8. The van der Waals surface area contributed by atoms with Crippen LogP contribution >= 0.6 is 0 Å². The summed E-state index contributed by atoms with van der Waals surface area (Å²) in [5, 5.41) is 0. The lowest BCUT2D eigenvalue weighted by atomic mass is 9.99. The van der Waals surface area contributed by atoms with E-state index in [2.05, 4.69) is 43.5 Å². The lowest BCUT2D eigenvalue weighted by Gasteiger charge is -2.07. The molecule has 0 aliphatic rings. The van der Waals surface area contributed by atoms with Crippen molar-refractivity contribution in [2.75, 3.05) is 13.7 Å². The highest BCUT2D eigenvalue weighted by Gasteiger charge is 1.99. The van der Waals surface area contributed by atoms with Gasteiger partial charge in [-0.05, 0) is 44.4 Å². The summed E-state index contributed by atoms with van der Waals surface area (Å²) in [6.07, 6.45) is 19.7. The first kappa shape index (κ1) is 16.9. The summed E-state index contributed by atoms with van der Waals surface area (Å²) < 4.78 is 4.96. The Bertz CT molecular complexity index is 250. The van der Waals surface area contributed by atoms with Crippen molar-refractivity contribution < 1.29 is 4.74 Å². The van der Waals surface area contributed by atoms with E-state index in [1.807, 2.05) is 6.08 Å². The lowest BCUT2D eigenvalue weighted by Crippen LogP contribution is -1.93. The molecule has 1 nitrogen and oxygen atoms in total. The van der Waals surface area contributed by atoms with Gasteiger partial charge in [0.2, 0.25) is 0 Å². The highest BCUT2D eigenvalue weighted by atomic mass is 16.5. The molecule has 1 heteroatoms. The van der Waals surface area contributed by atoms with Crippen LogP contribution < -0.4 is 0 Å². The molecule has 0 radical (unpaired) electrons. The summed E-state index contributed by atoms with van der Waals surface area (Å²) in [5.41, 5.74) is 0.